The molecule has 0 radical (unpaired) electrons. The number of ether oxygens (including phenoxy) is 3. The molecule has 2 aromatic carbocycles. The van der Waals surface area contributed by atoms with Crippen LogP contribution in [0.2, 0.25) is 5.02 Å². The van der Waals surface area contributed by atoms with Crippen molar-refractivity contribution in [3.63, 3.8) is 0 Å². The summed E-state index contributed by atoms with van der Waals surface area (Å²) >= 11 is 6.09. The van der Waals surface area contributed by atoms with Crippen molar-refractivity contribution in [1.82, 2.24) is 0 Å². The maximum absolute atomic E-state index is 11.7. The Morgan fingerprint density at radius 2 is 1.78 bits per heavy atom. The molecule has 27 heavy (non-hydrogen) atoms. The Hall–Kier alpha value is -2.92. The molecule has 0 aliphatic rings. The highest BCUT2D eigenvalue weighted by atomic mass is 35.5. The summed E-state index contributed by atoms with van der Waals surface area (Å²) in [7, 11) is 1.43. The van der Waals surface area contributed by atoms with Gasteiger partial charge in [0.15, 0.2) is 0 Å². The minimum absolute atomic E-state index is 0.0703. The summed E-state index contributed by atoms with van der Waals surface area (Å²) in [6.45, 7) is 5.78. The van der Waals surface area contributed by atoms with Gasteiger partial charge >= 0.3 is 5.97 Å². The van der Waals surface area contributed by atoms with Crippen molar-refractivity contribution in [3.05, 3.63) is 77.0 Å². The minimum atomic E-state index is -1.08. The Kier molecular flexibility index (Phi) is 7.32. The number of hydrogen-bond acceptors (Lipinski definition) is 4. The van der Waals surface area contributed by atoms with Crippen LogP contribution in [0.1, 0.15) is 18.1 Å². The second-order valence-electron chi connectivity index (χ2n) is 5.60. The molecule has 1 N–H and O–H groups in total. The molecule has 0 heterocycles. The van der Waals surface area contributed by atoms with E-state index in [1.807, 2.05) is 0 Å². The molecule has 0 saturated carbocycles. The van der Waals surface area contributed by atoms with E-state index < -0.39 is 5.97 Å². The number of carboxylic acids is 1. The Morgan fingerprint density at radius 1 is 1.15 bits per heavy atom. The maximum Gasteiger partial charge on any atom is 0.339 e. The predicted octanol–water partition coefficient (Wildman–Crippen LogP) is 4.95. The lowest BCUT2D eigenvalue weighted by atomic mass is 9.99. The third kappa shape index (κ3) is 5.53. The number of methoxy groups -OCH3 is 1. The van der Waals surface area contributed by atoms with Crippen LogP contribution in [0.15, 0.2) is 60.9 Å². The van der Waals surface area contributed by atoms with Crippen LogP contribution in [-0.2, 0) is 16.1 Å². The predicted molar refractivity (Wildman–Crippen MR) is 105 cm³/mol. The third-order valence-electron chi connectivity index (χ3n) is 3.79. The van der Waals surface area contributed by atoms with Gasteiger partial charge in [-0.1, -0.05) is 30.3 Å². The minimum Gasteiger partial charge on any atom is -0.500 e. The summed E-state index contributed by atoms with van der Waals surface area (Å²) in [5.74, 6) is 0.546. The van der Waals surface area contributed by atoms with E-state index in [2.05, 4.69) is 6.58 Å². The summed E-state index contributed by atoms with van der Waals surface area (Å²) in [4.78, 5) is 11.7. The zero-order valence-corrected chi connectivity index (χ0v) is 16.0. The Balaban J connectivity index is 2.24. The van der Waals surface area contributed by atoms with E-state index >= 15 is 0 Å². The molecular weight excluding hydrogens is 368 g/mol. The number of aliphatic carboxylic acids is 1. The first-order valence-corrected chi connectivity index (χ1v) is 8.57. The van der Waals surface area contributed by atoms with Gasteiger partial charge in [-0.2, -0.15) is 0 Å². The lowest BCUT2D eigenvalue weighted by Crippen LogP contribution is -2.08. The number of rotatable bonds is 9. The van der Waals surface area contributed by atoms with Crippen molar-refractivity contribution in [3.8, 4) is 11.5 Å². The maximum atomic E-state index is 11.7. The van der Waals surface area contributed by atoms with Crippen LogP contribution < -0.4 is 9.47 Å². The van der Waals surface area contributed by atoms with E-state index in [4.69, 9.17) is 25.8 Å². The van der Waals surface area contributed by atoms with Crippen molar-refractivity contribution >= 4 is 23.1 Å². The molecule has 0 aliphatic carbocycles. The first-order chi connectivity index (χ1) is 13.0. The second kappa shape index (κ2) is 9.69. The summed E-state index contributed by atoms with van der Waals surface area (Å²) < 4.78 is 16.4. The van der Waals surface area contributed by atoms with Crippen molar-refractivity contribution in [2.24, 2.45) is 0 Å². The molecule has 0 aromatic heterocycles. The SMILES string of the molecule is C=CCOc1ccc(OCc2cc(Cl)ccc2C(C(=O)O)=C(C)OC)cc1. The summed E-state index contributed by atoms with van der Waals surface area (Å²) in [5, 5.41) is 10.1. The van der Waals surface area contributed by atoms with Gasteiger partial charge in [-0.3, -0.25) is 0 Å². The fraction of sp³-hybridized carbons (Fsp3) is 0.190. The van der Waals surface area contributed by atoms with Crippen LogP contribution in [0.3, 0.4) is 0 Å². The van der Waals surface area contributed by atoms with Gasteiger partial charge in [0.2, 0.25) is 0 Å². The van der Waals surface area contributed by atoms with Gasteiger partial charge in [-0.15, -0.1) is 0 Å². The summed E-state index contributed by atoms with van der Waals surface area (Å²) in [5.41, 5.74) is 1.21. The zero-order valence-electron chi connectivity index (χ0n) is 15.2. The van der Waals surface area contributed by atoms with Crippen LogP contribution in [-0.4, -0.2) is 24.8 Å². The molecule has 0 fully saturated rings. The molecule has 2 aromatic rings. The fourth-order valence-electron chi connectivity index (χ4n) is 2.43. The van der Waals surface area contributed by atoms with Crippen LogP contribution in [0, 0.1) is 0 Å². The highest BCUT2D eigenvalue weighted by molar-refractivity contribution is 6.30. The largest absolute Gasteiger partial charge is 0.500 e. The number of allylic oxidation sites excluding steroid dienone is 1. The lowest BCUT2D eigenvalue weighted by molar-refractivity contribution is -0.130. The van der Waals surface area contributed by atoms with Gasteiger partial charge in [0, 0.05) is 5.02 Å². The Labute approximate surface area is 163 Å². The number of halogens is 1. The topological polar surface area (TPSA) is 65.0 Å². The number of benzene rings is 2. The van der Waals surface area contributed by atoms with E-state index in [1.165, 1.54) is 7.11 Å². The van der Waals surface area contributed by atoms with E-state index in [9.17, 15) is 9.90 Å². The first-order valence-electron chi connectivity index (χ1n) is 8.19. The van der Waals surface area contributed by atoms with E-state index in [0.29, 0.717) is 40.0 Å². The molecule has 0 bridgehead atoms. The molecule has 0 unspecified atom stereocenters. The Bertz CT molecular complexity index is 840. The number of hydrogen-bond donors (Lipinski definition) is 1. The molecule has 6 heteroatoms. The Morgan fingerprint density at radius 3 is 2.33 bits per heavy atom. The second-order valence-corrected chi connectivity index (χ2v) is 6.04. The van der Waals surface area contributed by atoms with Crippen LogP contribution >= 0.6 is 11.6 Å². The van der Waals surface area contributed by atoms with Crippen LogP contribution in [0.5, 0.6) is 11.5 Å². The van der Waals surface area contributed by atoms with Gasteiger partial charge in [0.05, 0.1) is 7.11 Å². The van der Waals surface area contributed by atoms with E-state index in [0.717, 1.165) is 0 Å². The lowest BCUT2D eigenvalue weighted by Gasteiger charge is -2.14. The van der Waals surface area contributed by atoms with Gasteiger partial charge in [0.1, 0.15) is 36.0 Å². The summed E-state index contributed by atoms with van der Waals surface area (Å²) in [6.07, 6.45) is 1.67. The van der Waals surface area contributed by atoms with Crippen molar-refractivity contribution in [2.45, 2.75) is 13.5 Å². The van der Waals surface area contributed by atoms with Crippen LogP contribution in [0.25, 0.3) is 5.57 Å². The molecule has 0 aliphatic heterocycles. The quantitative estimate of drug-likeness (QED) is 0.374. The van der Waals surface area contributed by atoms with Crippen molar-refractivity contribution in [2.75, 3.05) is 13.7 Å². The van der Waals surface area contributed by atoms with Crippen molar-refractivity contribution < 1.29 is 24.1 Å². The number of carboxylic acid groups (broad SMARTS) is 1. The van der Waals surface area contributed by atoms with Gasteiger partial charge in [-0.05, 0) is 54.4 Å². The molecule has 142 valence electrons. The molecule has 0 amide bonds. The van der Waals surface area contributed by atoms with E-state index in [-0.39, 0.29) is 12.2 Å². The first kappa shape index (κ1) is 20.4. The number of carbonyl (C=O) groups is 1. The van der Waals surface area contributed by atoms with E-state index in [1.54, 1.807) is 55.5 Å². The van der Waals surface area contributed by atoms with Gasteiger partial charge < -0.3 is 19.3 Å². The van der Waals surface area contributed by atoms with Crippen molar-refractivity contribution in [1.29, 1.82) is 0 Å². The van der Waals surface area contributed by atoms with Gasteiger partial charge in [0.25, 0.3) is 0 Å². The highest BCUT2D eigenvalue weighted by Gasteiger charge is 2.19. The highest BCUT2D eigenvalue weighted by Crippen LogP contribution is 2.28. The van der Waals surface area contributed by atoms with Gasteiger partial charge in [-0.25, -0.2) is 4.79 Å². The average Bonchev–Trinajstić information content (AvgIpc) is 2.66. The average molecular weight is 389 g/mol. The molecule has 2 rings (SSSR count). The normalized spacial score (nSPS) is 11.4. The standard InChI is InChI=1S/C21H21ClO5/c1-4-11-26-17-6-8-18(9-7-17)27-13-15-12-16(22)5-10-19(15)20(21(23)24)14(2)25-3/h4-10,12H,1,11,13H2,2-3H3,(H,23,24). The molecule has 5 nitrogen and oxygen atoms in total. The zero-order chi connectivity index (χ0) is 19.8. The monoisotopic (exact) mass is 388 g/mol. The third-order valence-corrected chi connectivity index (χ3v) is 4.03. The smallest absolute Gasteiger partial charge is 0.339 e. The molecule has 0 atom stereocenters. The molecular formula is C21H21ClO5. The fourth-order valence-corrected chi connectivity index (χ4v) is 2.63. The molecule has 0 saturated heterocycles. The molecule has 0 spiro atoms. The summed E-state index contributed by atoms with van der Waals surface area (Å²) in [6, 6.07) is 12.1. The van der Waals surface area contributed by atoms with Crippen LogP contribution in [0.4, 0.5) is 0 Å².